The van der Waals surface area contributed by atoms with E-state index in [-0.39, 0.29) is 26.6 Å². The van der Waals surface area contributed by atoms with Crippen LogP contribution in [0.15, 0.2) is 24.3 Å². The first-order valence-electron chi connectivity index (χ1n) is 5.42. The van der Waals surface area contributed by atoms with E-state index < -0.39 is 0 Å². The first-order valence-corrected chi connectivity index (χ1v) is 6.56. The normalized spacial score (nSPS) is 9.95. The Hall–Kier alpha value is -1.67. The summed E-state index contributed by atoms with van der Waals surface area (Å²) >= 11 is 17.9. The van der Waals surface area contributed by atoms with Crippen LogP contribution in [0.2, 0.25) is 15.2 Å². The predicted molar refractivity (Wildman–Crippen MR) is 80.3 cm³/mol. The summed E-state index contributed by atoms with van der Waals surface area (Å²) in [6, 6.07) is 8.99. The zero-order valence-electron chi connectivity index (χ0n) is 10.2. The molecule has 1 aromatic heterocycles. The number of hydrogen-bond donors (Lipinski definition) is 1. The van der Waals surface area contributed by atoms with E-state index in [1.54, 1.807) is 31.4 Å². The molecule has 0 unspecified atom stereocenters. The van der Waals surface area contributed by atoms with E-state index in [0.29, 0.717) is 0 Å². The second kappa shape index (κ2) is 6.19. The molecule has 0 saturated carbocycles. The fourth-order valence-electron chi connectivity index (χ4n) is 1.50. The summed E-state index contributed by atoms with van der Waals surface area (Å²) in [7, 11) is 1.58. The van der Waals surface area contributed by atoms with Crippen molar-refractivity contribution in [1.82, 2.24) is 4.98 Å². The summed E-state index contributed by atoms with van der Waals surface area (Å²) in [6.45, 7) is 0. The fourth-order valence-corrected chi connectivity index (χ4v) is 2.17. The van der Waals surface area contributed by atoms with Crippen LogP contribution in [0.1, 0.15) is 5.56 Å². The number of nitriles is 1. The quantitative estimate of drug-likeness (QED) is 0.832. The summed E-state index contributed by atoms with van der Waals surface area (Å²) in [4.78, 5) is 4.03. The highest BCUT2D eigenvalue weighted by molar-refractivity contribution is 6.45. The molecule has 0 aliphatic heterocycles. The predicted octanol–water partition coefficient (Wildman–Crippen LogP) is 4.67. The number of hydrogen-bond acceptors (Lipinski definition) is 4. The van der Waals surface area contributed by atoms with Crippen molar-refractivity contribution in [2.24, 2.45) is 0 Å². The van der Waals surface area contributed by atoms with Crippen LogP contribution >= 0.6 is 34.8 Å². The van der Waals surface area contributed by atoms with Crippen LogP contribution in [0.4, 0.5) is 11.5 Å². The van der Waals surface area contributed by atoms with E-state index >= 15 is 0 Å². The number of pyridine rings is 1. The lowest BCUT2D eigenvalue weighted by Gasteiger charge is -2.10. The van der Waals surface area contributed by atoms with Gasteiger partial charge in [-0.15, -0.1) is 0 Å². The topological polar surface area (TPSA) is 57.9 Å². The summed E-state index contributed by atoms with van der Waals surface area (Å²) < 4.78 is 5.06. The first-order chi connectivity index (χ1) is 9.56. The minimum absolute atomic E-state index is 0.00193. The van der Waals surface area contributed by atoms with Crippen LogP contribution in [0.25, 0.3) is 0 Å². The van der Waals surface area contributed by atoms with Crippen LogP contribution in [-0.4, -0.2) is 12.1 Å². The Morgan fingerprint density at radius 2 is 1.80 bits per heavy atom. The third-order valence-corrected chi connectivity index (χ3v) is 3.62. The zero-order chi connectivity index (χ0) is 14.7. The smallest absolute Gasteiger partial charge is 0.152 e. The maximum absolute atomic E-state index is 8.91. The molecule has 0 aliphatic rings. The van der Waals surface area contributed by atoms with Crippen molar-refractivity contribution in [2.45, 2.75) is 0 Å². The Bertz CT molecular complexity index is 681. The molecule has 0 amide bonds. The number of ether oxygens (including phenoxy) is 1. The molecular formula is C13H8Cl3N3O. The molecule has 0 atom stereocenters. The number of methoxy groups -OCH3 is 1. The van der Waals surface area contributed by atoms with Crippen molar-refractivity contribution in [3.63, 3.8) is 0 Å². The molecule has 20 heavy (non-hydrogen) atoms. The standard InChI is InChI=1S/C13H8Cl3N3O/c1-20-8-4-2-7(3-5-8)18-13-11(15)10(14)9(6-17)12(16)19-13/h2-5H,1H3,(H,18,19). The van der Waals surface area contributed by atoms with Gasteiger partial charge in [-0.3, -0.25) is 0 Å². The molecule has 0 radical (unpaired) electrons. The molecular weight excluding hydrogens is 321 g/mol. The van der Waals surface area contributed by atoms with Crippen molar-refractivity contribution >= 4 is 46.3 Å². The van der Waals surface area contributed by atoms with Gasteiger partial charge in [-0.25, -0.2) is 4.98 Å². The Balaban J connectivity index is 2.36. The SMILES string of the molecule is COc1ccc(Nc2nc(Cl)c(C#N)c(Cl)c2Cl)cc1. The third kappa shape index (κ3) is 2.91. The average molecular weight is 329 g/mol. The highest BCUT2D eigenvalue weighted by atomic mass is 35.5. The Labute approximate surface area is 130 Å². The molecule has 2 aromatic rings. The molecule has 0 spiro atoms. The molecule has 0 saturated heterocycles. The Kier molecular flexibility index (Phi) is 4.56. The van der Waals surface area contributed by atoms with Crippen molar-refractivity contribution < 1.29 is 4.74 Å². The number of nitrogens with one attached hydrogen (secondary N) is 1. The lowest BCUT2D eigenvalue weighted by molar-refractivity contribution is 0.415. The number of anilines is 2. The van der Waals surface area contributed by atoms with E-state index in [1.807, 2.05) is 6.07 Å². The van der Waals surface area contributed by atoms with Crippen LogP contribution < -0.4 is 10.1 Å². The molecule has 1 N–H and O–H groups in total. The molecule has 102 valence electrons. The van der Waals surface area contributed by atoms with Gasteiger partial charge in [0.2, 0.25) is 0 Å². The zero-order valence-corrected chi connectivity index (χ0v) is 12.5. The van der Waals surface area contributed by atoms with Gasteiger partial charge < -0.3 is 10.1 Å². The monoisotopic (exact) mass is 327 g/mol. The molecule has 0 fully saturated rings. The van der Waals surface area contributed by atoms with Crippen molar-refractivity contribution in [3.05, 3.63) is 45.0 Å². The van der Waals surface area contributed by atoms with Crippen molar-refractivity contribution in [3.8, 4) is 11.8 Å². The van der Waals surface area contributed by atoms with E-state index in [0.717, 1.165) is 11.4 Å². The molecule has 1 heterocycles. The van der Waals surface area contributed by atoms with Gasteiger partial charge in [0.15, 0.2) is 11.0 Å². The maximum atomic E-state index is 8.91. The molecule has 2 rings (SSSR count). The van der Waals surface area contributed by atoms with Crippen LogP contribution in [0.5, 0.6) is 5.75 Å². The summed E-state index contributed by atoms with van der Waals surface area (Å²) in [5.41, 5.74) is 0.788. The third-order valence-electron chi connectivity index (χ3n) is 2.50. The molecule has 0 aliphatic carbocycles. The maximum Gasteiger partial charge on any atom is 0.152 e. The van der Waals surface area contributed by atoms with Crippen molar-refractivity contribution in [1.29, 1.82) is 5.26 Å². The van der Waals surface area contributed by atoms with Gasteiger partial charge in [-0.2, -0.15) is 5.26 Å². The molecule has 0 bridgehead atoms. The Morgan fingerprint density at radius 1 is 1.15 bits per heavy atom. The summed E-state index contributed by atoms with van der Waals surface area (Å²) in [6.07, 6.45) is 0. The lowest BCUT2D eigenvalue weighted by Crippen LogP contribution is -1.98. The second-order valence-electron chi connectivity index (χ2n) is 3.72. The number of nitrogens with zero attached hydrogens (tertiary/aromatic N) is 2. The number of aromatic nitrogens is 1. The molecule has 7 heteroatoms. The highest BCUT2D eigenvalue weighted by Gasteiger charge is 2.16. The van der Waals surface area contributed by atoms with Gasteiger partial charge >= 0.3 is 0 Å². The minimum atomic E-state index is -0.00193. The van der Waals surface area contributed by atoms with Gasteiger partial charge in [-0.05, 0) is 24.3 Å². The Morgan fingerprint density at radius 3 is 2.35 bits per heavy atom. The van der Waals surface area contributed by atoms with Gasteiger partial charge in [0.1, 0.15) is 22.4 Å². The van der Waals surface area contributed by atoms with E-state index in [1.165, 1.54) is 0 Å². The van der Waals surface area contributed by atoms with E-state index in [4.69, 9.17) is 44.8 Å². The van der Waals surface area contributed by atoms with Crippen molar-refractivity contribution in [2.75, 3.05) is 12.4 Å². The van der Waals surface area contributed by atoms with Crippen LogP contribution in [0.3, 0.4) is 0 Å². The fraction of sp³-hybridized carbons (Fsp3) is 0.0769. The van der Waals surface area contributed by atoms with E-state index in [2.05, 4.69) is 10.3 Å². The van der Waals surface area contributed by atoms with E-state index in [9.17, 15) is 0 Å². The molecule has 4 nitrogen and oxygen atoms in total. The summed E-state index contributed by atoms with van der Waals surface area (Å²) in [5, 5.41) is 12.1. The van der Waals surface area contributed by atoms with Gasteiger partial charge in [0, 0.05) is 5.69 Å². The van der Waals surface area contributed by atoms with Crippen LogP contribution in [-0.2, 0) is 0 Å². The largest absolute Gasteiger partial charge is 0.497 e. The highest BCUT2D eigenvalue weighted by Crippen LogP contribution is 2.36. The number of rotatable bonds is 3. The molecule has 1 aromatic carbocycles. The summed E-state index contributed by atoms with van der Waals surface area (Å²) in [5.74, 6) is 1.01. The van der Waals surface area contributed by atoms with Crippen LogP contribution in [0, 0.1) is 11.3 Å². The second-order valence-corrected chi connectivity index (χ2v) is 4.83. The number of halogens is 3. The lowest BCUT2D eigenvalue weighted by atomic mass is 10.2. The van der Waals surface area contributed by atoms with Gasteiger partial charge in [0.25, 0.3) is 0 Å². The first kappa shape index (κ1) is 14.7. The number of benzene rings is 1. The average Bonchev–Trinajstić information content (AvgIpc) is 2.46. The van der Waals surface area contributed by atoms with Gasteiger partial charge in [-0.1, -0.05) is 34.8 Å². The minimum Gasteiger partial charge on any atom is -0.497 e. The van der Waals surface area contributed by atoms with Gasteiger partial charge in [0.05, 0.1) is 12.1 Å².